The first-order chi connectivity index (χ1) is 15.0. The summed E-state index contributed by atoms with van der Waals surface area (Å²) in [5, 5.41) is 3.44. The van der Waals surface area contributed by atoms with Crippen molar-refractivity contribution in [1.29, 1.82) is 0 Å². The number of rotatable bonds is 6. The maximum absolute atomic E-state index is 6.12. The second kappa shape index (κ2) is 11.0. The Hall–Kier alpha value is -0.270. The van der Waals surface area contributed by atoms with Crippen LogP contribution in [0, 0.1) is 0 Å². The Balaban J connectivity index is 1.92. The highest BCUT2D eigenvalue weighted by Crippen LogP contribution is 2.40. The maximum atomic E-state index is 6.12. The van der Waals surface area contributed by atoms with Crippen molar-refractivity contribution in [3.8, 4) is 11.4 Å². The van der Waals surface area contributed by atoms with E-state index in [2.05, 4.69) is 39.0 Å². The fourth-order valence-corrected chi connectivity index (χ4v) is 4.69. The molecule has 0 aliphatic heterocycles. The Labute approximate surface area is 219 Å². The summed E-state index contributed by atoms with van der Waals surface area (Å²) in [6.07, 6.45) is 4.32. The number of aromatic nitrogens is 3. The van der Waals surface area contributed by atoms with E-state index in [1.54, 1.807) is 24.3 Å². The average molecular weight is 560 g/mol. The molecule has 176 valence electrons. The lowest BCUT2D eigenvalue weighted by Crippen LogP contribution is -2.42. The lowest BCUT2D eigenvalue weighted by Gasteiger charge is -2.36. The standard InChI is InChI=1S/C21H25Cl6N5/c1-3-32(4-2)16-10-6-9-15(12-16)28-19-30-17(29-18(31-19)21(25,26)27)13-7-5-8-14(11-13)20(22,23)24/h5,7-8,11,15-16H,3-4,6,9-10,12H2,1-2H3,(H,28,29,30,31). The minimum absolute atomic E-state index is 0.0328. The zero-order chi connectivity index (χ0) is 23.5. The van der Waals surface area contributed by atoms with Crippen molar-refractivity contribution in [3.63, 3.8) is 0 Å². The molecule has 1 N–H and O–H groups in total. The first kappa shape index (κ1) is 26.3. The van der Waals surface area contributed by atoms with Crippen molar-refractivity contribution in [1.82, 2.24) is 19.9 Å². The maximum Gasteiger partial charge on any atom is 0.250 e. The summed E-state index contributed by atoms with van der Waals surface area (Å²) in [6.45, 7) is 6.44. The molecule has 0 radical (unpaired) electrons. The highest BCUT2D eigenvalue weighted by atomic mass is 35.6. The van der Waals surface area contributed by atoms with E-state index < -0.39 is 7.59 Å². The van der Waals surface area contributed by atoms with Gasteiger partial charge in [-0.2, -0.15) is 9.97 Å². The topological polar surface area (TPSA) is 53.9 Å². The van der Waals surface area contributed by atoms with Crippen LogP contribution in [0.15, 0.2) is 24.3 Å². The Morgan fingerprint density at radius 1 is 0.969 bits per heavy atom. The molecule has 2 aromatic rings. The predicted octanol–water partition coefficient (Wildman–Crippen LogP) is 7.26. The molecule has 1 aliphatic rings. The predicted molar refractivity (Wildman–Crippen MR) is 136 cm³/mol. The number of hydrogen-bond donors (Lipinski definition) is 1. The van der Waals surface area contributed by atoms with Crippen molar-refractivity contribution in [2.45, 2.75) is 59.2 Å². The van der Waals surface area contributed by atoms with E-state index in [1.807, 2.05) is 0 Å². The molecule has 1 aromatic heterocycles. The van der Waals surface area contributed by atoms with Crippen molar-refractivity contribution in [2.24, 2.45) is 0 Å². The van der Waals surface area contributed by atoms with Crippen LogP contribution in [0.4, 0.5) is 5.95 Å². The van der Waals surface area contributed by atoms with E-state index in [0.717, 1.165) is 32.4 Å². The third-order valence-electron chi connectivity index (χ3n) is 5.65. The molecule has 1 aromatic carbocycles. The number of benzene rings is 1. The van der Waals surface area contributed by atoms with Crippen LogP contribution in [0.1, 0.15) is 50.9 Å². The normalized spacial score (nSPS) is 19.9. The van der Waals surface area contributed by atoms with Crippen molar-refractivity contribution in [3.05, 3.63) is 35.7 Å². The van der Waals surface area contributed by atoms with Crippen LogP contribution in [0.5, 0.6) is 0 Å². The smallest absolute Gasteiger partial charge is 0.250 e. The number of alkyl halides is 6. The quantitative estimate of drug-likeness (QED) is 0.378. The molecule has 5 nitrogen and oxygen atoms in total. The van der Waals surface area contributed by atoms with E-state index >= 15 is 0 Å². The number of nitrogens with one attached hydrogen (secondary N) is 1. The van der Waals surface area contributed by atoms with Crippen molar-refractivity contribution in [2.75, 3.05) is 18.4 Å². The van der Waals surface area contributed by atoms with Crippen LogP contribution in [0.2, 0.25) is 0 Å². The minimum atomic E-state index is -1.81. The summed E-state index contributed by atoms with van der Waals surface area (Å²) in [5.74, 6) is 0.724. The van der Waals surface area contributed by atoms with Crippen LogP contribution in [-0.2, 0) is 7.59 Å². The van der Waals surface area contributed by atoms with E-state index in [1.165, 1.54) is 6.42 Å². The molecule has 11 heteroatoms. The van der Waals surface area contributed by atoms with Gasteiger partial charge in [0.2, 0.25) is 13.5 Å². The fraction of sp³-hybridized carbons (Fsp3) is 0.571. The molecule has 3 rings (SSSR count). The molecule has 2 unspecified atom stereocenters. The summed E-state index contributed by atoms with van der Waals surface area (Å²) in [5.41, 5.74) is 1.11. The molecule has 1 fully saturated rings. The molecule has 0 saturated heterocycles. The first-order valence-corrected chi connectivity index (χ1v) is 12.8. The molecule has 0 spiro atoms. The van der Waals surface area contributed by atoms with Gasteiger partial charge in [0.05, 0.1) is 0 Å². The molecule has 1 aliphatic carbocycles. The van der Waals surface area contributed by atoms with E-state index in [-0.39, 0.29) is 11.9 Å². The van der Waals surface area contributed by atoms with Crippen molar-refractivity contribution < 1.29 is 0 Å². The summed E-state index contributed by atoms with van der Waals surface area (Å²) < 4.78 is -3.39. The van der Waals surface area contributed by atoms with Gasteiger partial charge in [0.15, 0.2) is 11.6 Å². The van der Waals surface area contributed by atoms with Crippen LogP contribution in [-0.4, -0.2) is 45.0 Å². The summed E-state index contributed by atoms with van der Waals surface area (Å²) in [6, 6.07) is 7.70. The molecular formula is C21H25Cl6N5. The van der Waals surface area contributed by atoms with Gasteiger partial charge >= 0.3 is 0 Å². The van der Waals surface area contributed by atoms with Crippen LogP contribution in [0.25, 0.3) is 11.4 Å². The zero-order valence-electron chi connectivity index (χ0n) is 17.8. The molecule has 32 heavy (non-hydrogen) atoms. The van der Waals surface area contributed by atoms with E-state index in [0.29, 0.717) is 28.9 Å². The van der Waals surface area contributed by atoms with Gasteiger partial charge in [0.1, 0.15) is 0 Å². The zero-order valence-corrected chi connectivity index (χ0v) is 22.3. The highest BCUT2D eigenvalue weighted by Gasteiger charge is 2.31. The van der Waals surface area contributed by atoms with Gasteiger partial charge in [-0.3, -0.25) is 0 Å². The Morgan fingerprint density at radius 2 is 1.69 bits per heavy atom. The van der Waals surface area contributed by atoms with Crippen LogP contribution in [0.3, 0.4) is 0 Å². The van der Waals surface area contributed by atoms with Crippen LogP contribution < -0.4 is 5.32 Å². The van der Waals surface area contributed by atoms with Crippen molar-refractivity contribution >= 4 is 75.6 Å². The van der Waals surface area contributed by atoms with Gasteiger partial charge < -0.3 is 10.2 Å². The summed E-state index contributed by atoms with van der Waals surface area (Å²) in [7, 11) is 0. The molecule has 0 amide bonds. The average Bonchev–Trinajstić information content (AvgIpc) is 2.74. The van der Waals surface area contributed by atoms with Gasteiger partial charge in [0.25, 0.3) is 0 Å². The highest BCUT2D eigenvalue weighted by molar-refractivity contribution is 6.67. The minimum Gasteiger partial charge on any atom is -0.351 e. The van der Waals surface area contributed by atoms with E-state index in [4.69, 9.17) is 69.6 Å². The third-order valence-corrected chi connectivity index (χ3v) is 6.81. The number of anilines is 1. The second-order valence-corrected chi connectivity index (χ2v) is 12.3. The summed E-state index contributed by atoms with van der Waals surface area (Å²) in [4.78, 5) is 15.8. The summed E-state index contributed by atoms with van der Waals surface area (Å²) >= 11 is 36.5. The molecule has 2 atom stereocenters. The molecule has 1 heterocycles. The SMILES string of the molecule is CCN(CC)C1CCCC(Nc2nc(-c3cccc(C(Cl)(Cl)Cl)c3)nc(C(Cl)(Cl)Cl)n2)C1. The largest absolute Gasteiger partial charge is 0.351 e. The third kappa shape index (κ3) is 6.88. The van der Waals surface area contributed by atoms with Gasteiger partial charge in [-0.05, 0) is 44.8 Å². The number of nitrogens with zero attached hydrogens (tertiary/aromatic N) is 4. The monoisotopic (exact) mass is 557 g/mol. The molecule has 1 saturated carbocycles. The lowest BCUT2D eigenvalue weighted by atomic mass is 9.90. The number of hydrogen-bond acceptors (Lipinski definition) is 5. The second-order valence-electron chi connectivity index (χ2n) is 7.77. The lowest BCUT2D eigenvalue weighted by molar-refractivity contribution is 0.165. The molecular weight excluding hydrogens is 535 g/mol. The van der Waals surface area contributed by atoms with Gasteiger partial charge in [-0.15, -0.1) is 0 Å². The van der Waals surface area contributed by atoms with Crippen LogP contribution >= 0.6 is 69.6 Å². The number of halogens is 6. The van der Waals surface area contributed by atoms with E-state index in [9.17, 15) is 0 Å². The Bertz CT molecular complexity index is 910. The van der Waals surface area contributed by atoms with Gasteiger partial charge in [-0.1, -0.05) is 102 Å². The Kier molecular flexibility index (Phi) is 9.04. The first-order valence-electron chi connectivity index (χ1n) is 10.5. The Morgan fingerprint density at radius 3 is 2.31 bits per heavy atom. The van der Waals surface area contributed by atoms with Gasteiger partial charge in [0, 0.05) is 23.2 Å². The van der Waals surface area contributed by atoms with Gasteiger partial charge in [-0.25, -0.2) is 4.98 Å². The fourth-order valence-electron chi connectivity index (χ4n) is 4.08. The molecule has 0 bridgehead atoms.